The summed E-state index contributed by atoms with van der Waals surface area (Å²) in [4.78, 5) is 4.50. The van der Waals surface area contributed by atoms with Crippen LogP contribution in [0.3, 0.4) is 0 Å². The highest BCUT2D eigenvalue weighted by molar-refractivity contribution is 5.50. The molecule has 130 valence electrons. The van der Waals surface area contributed by atoms with Gasteiger partial charge in [-0.15, -0.1) is 0 Å². The molecule has 0 fully saturated rings. The van der Waals surface area contributed by atoms with E-state index in [1.807, 2.05) is 18.3 Å². The van der Waals surface area contributed by atoms with Gasteiger partial charge < -0.3 is 18.8 Å². The van der Waals surface area contributed by atoms with Crippen molar-refractivity contribution in [3.05, 3.63) is 59.6 Å². The molecule has 1 aromatic carbocycles. The van der Waals surface area contributed by atoms with Gasteiger partial charge in [0.1, 0.15) is 23.7 Å². The van der Waals surface area contributed by atoms with Gasteiger partial charge in [-0.05, 0) is 39.0 Å². The zero-order valence-corrected chi connectivity index (χ0v) is 14.7. The molecular weight excluding hydrogens is 316 g/mol. The second kappa shape index (κ2) is 5.77. The van der Waals surface area contributed by atoms with Gasteiger partial charge in [-0.2, -0.15) is 0 Å². The molecule has 0 radical (unpaired) electrons. The summed E-state index contributed by atoms with van der Waals surface area (Å²) in [5.74, 6) is 2.87. The first-order chi connectivity index (χ1) is 12.0. The Morgan fingerprint density at radius 1 is 1.28 bits per heavy atom. The number of hydrogen-bond donors (Lipinski definition) is 1. The van der Waals surface area contributed by atoms with Crippen LogP contribution in [0.15, 0.2) is 47.1 Å². The van der Waals surface area contributed by atoms with Crippen molar-refractivity contribution < 1.29 is 14.3 Å². The Bertz CT molecular complexity index is 907. The molecule has 5 heteroatoms. The number of aliphatic hydroxyl groups is 1. The van der Waals surface area contributed by atoms with Crippen LogP contribution in [0, 0.1) is 6.92 Å². The van der Waals surface area contributed by atoms with E-state index >= 15 is 0 Å². The Morgan fingerprint density at radius 2 is 2.12 bits per heavy atom. The van der Waals surface area contributed by atoms with E-state index in [1.165, 1.54) is 5.56 Å². The number of aromatic nitrogens is 2. The number of fused-ring (bicyclic) bond motifs is 1. The normalized spacial score (nSPS) is 18.6. The third-order valence-electron chi connectivity index (χ3n) is 4.64. The first-order valence-electron chi connectivity index (χ1n) is 8.49. The lowest BCUT2D eigenvalue weighted by molar-refractivity contribution is 0.0672. The van der Waals surface area contributed by atoms with Gasteiger partial charge in [0.25, 0.3) is 0 Å². The lowest BCUT2D eigenvalue weighted by Crippen LogP contribution is -2.37. The molecule has 0 bridgehead atoms. The minimum atomic E-state index is -0.270. The highest BCUT2D eigenvalue weighted by Gasteiger charge is 2.35. The summed E-state index contributed by atoms with van der Waals surface area (Å²) in [6.45, 7) is 6.19. The highest BCUT2D eigenvalue weighted by Crippen LogP contribution is 2.43. The van der Waals surface area contributed by atoms with Gasteiger partial charge >= 0.3 is 0 Å². The molecule has 1 aliphatic heterocycles. The predicted molar refractivity (Wildman–Crippen MR) is 94.5 cm³/mol. The maximum absolute atomic E-state index is 9.26. The van der Waals surface area contributed by atoms with Crippen LogP contribution in [0.1, 0.15) is 43.2 Å². The van der Waals surface area contributed by atoms with Gasteiger partial charge in [0.15, 0.2) is 11.6 Å². The van der Waals surface area contributed by atoms with Gasteiger partial charge in [-0.25, -0.2) is 4.98 Å². The summed E-state index contributed by atoms with van der Waals surface area (Å²) in [6, 6.07) is 10.0. The van der Waals surface area contributed by atoms with Gasteiger partial charge in [0.05, 0.1) is 6.04 Å². The molecule has 4 rings (SSSR count). The van der Waals surface area contributed by atoms with Gasteiger partial charge in [0.2, 0.25) is 0 Å². The molecule has 0 spiro atoms. The Balaban J connectivity index is 1.83. The Kier molecular flexibility index (Phi) is 3.69. The monoisotopic (exact) mass is 338 g/mol. The molecule has 0 saturated heterocycles. The topological polar surface area (TPSA) is 60.4 Å². The van der Waals surface area contributed by atoms with Crippen LogP contribution in [0.25, 0.3) is 11.6 Å². The summed E-state index contributed by atoms with van der Waals surface area (Å²) in [5.41, 5.74) is 2.09. The largest absolute Gasteiger partial charge is 0.487 e. The number of rotatable bonds is 3. The van der Waals surface area contributed by atoms with Crippen LogP contribution in [0.5, 0.6) is 5.75 Å². The van der Waals surface area contributed by atoms with Crippen LogP contribution in [0.4, 0.5) is 0 Å². The number of furan rings is 1. The average Bonchev–Trinajstić information content (AvgIpc) is 3.22. The molecule has 0 amide bonds. The summed E-state index contributed by atoms with van der Waals surface area (Å²) in [7, 11) is 0. The number of aryl methyl sites for hydroxylation is 1. The summed E-state index contributed by atoms with van der Waals surface area (Å²) < 4.78 is 14.0. The first kappa shape index (κ1) is 16.0. The minimum Gasteiger partial charge on any atom is -0.487 e. The quantitative estimate of drug-likeness (QED) is 0.781. The van der Waals surface area contributed by atoms with Crippen LogP contribution in [-0.4, -0.2) is 20.3 Å². The molecular formula is C20H22N2O3. The molecule has 0 saturated carbocycles. The Labute approximate surface area is 146 Å². The highest BCUT2D eigenvalue weighted by atomic mass is 16.5. The fourth-order valence-electron chi connectivity index (χ4n) is 3.52. The predicted octanol–water partition coefficient (Wildman–Crippen LogP) is 4.09. The van der Waals surface area contributed by atoms with Gasteiger partial charge in [-0.3, -0.25) is 0 Å². The van der Waals surface area contributed by atoms with Gasteiger partial charge in [0, 0.05) is 24.4 Å². The number of imidazole rings is 1. The van der Waals surface area contributed by atoms with Crippen LogP contribution in [0.2, 0.25) is 0 Å². The number of hydrogen-bond acceptors (Lipinski definition) is 4. The van der Waals surface area contributed by atoms with Crippen molar-refractivity contribution in [1.29, 1.82) is 0 Å². The van der Waals surface area contributed by atoms with Crippen LogP contribution < -0.4 is 4.74 Å². The van der Waals surface area contributed by atoms with E-state index in [4.69, 9.17) is 9.15 Å². The lowest BCUT2D eigenvalue weighted by atomic mass is 9.88. The minimum absolute atomic E-state index is 0.110. The fourth-order valence-corrected chi connectivity index (χ4v) is 3.52. The third kappa shape index (κ3) is 2.85. The van der Waals surface area contributed by atoms with Gasteiger partial charge in [-0.1, -0.05) is 17.7 Å². The maximum Gasteiger partial charge on any atom is 0.176 e. The second-order valence-corrected chi connectivity index (χ2v) is 7.21. The SMILES string of the molecule is Cc1ccc2c(c1)[C@@H](n1ccnc1-c1ccc(CO)o1)CC(C)(C)O2. The van der Waals surface area contributed by atoms with Crippen LogP contribution >= 0.6 is 0 Å². The van der Waals surface area contributed by atoms with Crippen molar-refractivity contribution >= 4 is 0 Å². The van der Waals surface area contributed by atoms with Crippen molar-refractivity contribution in [1.82, 2.24) is 9.55 Å². The standard InChI is InChI=1S/C20H22N2O3/c1-13-4-6-17-15(10-13)16(11-20(2,3)25-17)22-9-8-21-19(22)18-7-5-14(12-23)24-18/h4-10,16,23H,11-12H2,1-3H3/t16-/m0/s1. The number of aliphatic hydroxyl groups excluding tert-OH is 1. The molecule has 0 aliphatic carbocycles. The molecule has 5 nitrogen and oxygen atoms in total. The Hall–Kier alpha value is -2.53. The number of nitrogens with zero attached hydrogens (tertiary/aromatic N) is 2. The molecule has 25 heavy (non-hydrogen) atoms. The number of benzene rings is 1. The Morgan fingerprint density at radius 3 is 2.88 bits per heavy atom. The van der Waals surface area contributed by atoms with Crippen molar-refractivity contribution in [2.24, 2.45) is 0 Å². The number of ether oxygens (including phenoxy) is 1. The molecule has 1 aliphatic rings. The van der Waals surface area contributed by atoms with E-state index in [-0.39, 0.29) is 18.2 Å². The molecule has 3 heterocycles. The molecule has 0 unspecified atom stereocenters. The zero-order valence-electron chi connectivity index (χ0n) is 14.7. The average molecular weight is 338 g/mol. The summed E-state index contributed by atoms with van der Waals surface area (Å²) in [6.07, 6.45) is 4.60. The van der Waals surface area contributed by atoms with Crippen molar-refractivity contribution in [3.8, 4) is 17.3 Å². The molecule has 2 aromatic heterocycles. The maximum atomic E-state index is 9.26. The van der Waals surface area contributed by atoms with E-state index in [0.717, 1.165) is 23.6 Å². The van der Waals surface area contributed by atoms with E-state index in [0.29, 0.717) is 11.5 Å². The van der Waals surface area contributed by atoms with E-state index < -0.39 is 0 Å². The lowest BCUT2D eigenvalue weighted by Gasteiger charge is -2.38. The van der Waals surface area contributed by atoms with E-state index in [9.17, 15) is 5.11 Å². The van der Waals surface area contributed by atoms with Crippen molar-refractivity contribution in [3.63, 3.8) is 0 Å². The van der Waals surface area contributed by atoms with Crippen molar-refractivity contribution in [2.45, 2.75) is 45.4 Å². The zero-order chi connectivity index (χ0) is 17.6. The van der Waals surface area contributed by atoms with Crippen molar-refractivity contribution in [2.75, 3.05) is 0 Å². The summed E-state index contributed by atoms with van der Waals surface area (Å²) >= 11 is 0. The summed E-state index contributed by atoms with van der Waals surface area (Å²) in [5, 5.41) is 9.26. The molecule has 1 N–H and O–H groups in total. The van der Waals surface area contributed by atoms with E-state index in [2.05, 4.69) is 42.5 Å². The fraction of sp³-hybridized carbons (Fsp3) is 0.350. The van der Waals surface area contributed by atoms with Crippen LogP contribution in [-0.2, 0) is 6.61 Å². The van der Waals surface area contributed by atoms with E-state index in [1.54, 1.807) is 12.3 Å². The smallest absolute Gasteiger partial charge is 0.176 e. The second-order valence-electron chi connectivity index (χ2n) is 7.21. The molecule has 1 atom stereocenters. The first-order valence-corrected chi connectivity index (χ1v) is 8.49. The third-order valence-corrected chi connectivity index (χ3v) is 4.64. The molecule has 3 aromatic rings.